The zero-order valence-electron chi connectivity index (χ0n) is 10.3. The number of thioether (sulfide) groups is 1. The molecule has 0 spiro atoms. The second-order valence-corrected chi connectivity index (χ2v) is 5.57. The highest BCUT2D eigenvalue weighted by atomic mass is 35.5. The summed E-state index contributed by atoms with van der Waals surface area (Å²) >= 11 is 7.71. The van der Waals surface area contributed by atoms with Crippen molar-refractivity contribution in [1.82, 2.24) is 5.32 Å². The van der Waals surface area contributed by atoms with Gasteiger partial charge in [0.2, 0.25) is 0 Å². The standard InChI is InChI=1S/C15H16ClNS/c1-17-10-12-4-8-15(9-5-12)18-11-13-2-6-14(16)7-3-13/h2-9,17H,10-11H2,1H3. The smallest absolute Gasteiger partial charge is 0.0406 e. The van der Waals surface area contributed by atoms with Crippen molar-refractivity contribution in [1.29, 1.82) is 0 Å². The third-order valence-electron chi connectivity index (χ3n) is 2.62. The van der Waals surface area contributed by atoms with Crippen LogP contribution in [0.3, 0.4) is 0 Å². The Kier molecular flexibility index (Phi) is 5.12. The molecule has 0 aromatic heterocycles. The number of benzene rings is 2. The Hall–Kier alpha value is -0.960. The van der Waals surface area contributed by atoms with E-state index in [4.69, 9.17) is 11.6 Å². The van der Waals surface area contributed by atoms with Gasteiger partial charge in [-0.05, 0) is 42.4 Å². The van der Waals surface area contributed by atoms with Gasteiger partial charge in [-0.2, -0.15) is 0 Å². The molecule has 0 fully saturated rings. The highest BCUT2D eigenvalue weighted by Gasteiger charge is 1.97. The van der Waals surface area contributed by atoms with E-state index in [-0.39, 0.29) is 0 Å². The van der Waals surface area contributed by atoms with E-state index in [1.165, 1.54) is 16.0 Å². The molecule has 0 unspecified atom stereocenters. The van der Waals surface area contributed by atoms with Crippen LogP contribution in [0.4, 0.5) is 0 Å². The monoisotopic (exact) mass is 277 g/mol. The first-order valence-electron chi connectivity index (χ1n) is 5.89. The lowest BCUT2D eigenvalue weighted by molar-refractivity contribution is 0.817. The van der Waals surface area contributed by atoms with Crippen molar-refractivity contribution in [3.63, 3.8) is 0 Å². The lowest BCUT2D eigenvalue weighted by Gasteiger charge is -2.04. The second kappa shape index (κ2) is 6.83. The van der Waals surface area contributed by atoms with Crippen LogP contribution in [0.25, 0.3) is 0 Å². The minimum atomic E-state index is 0.792. The summed E-state index contributed by atoms with van der Waals surface area (Å²) in [5.74, 6) is 0.975. The Bertz CT molecular complexity index is 479. The molecule has 0 saturated carbocycles. The van der Waals surface area contributed by atoms with Crippen LogP contribution in [-0.2, 0) is 12.3 Å². The lowest BCUT2D eigenvalue weighted by Crippen LogP contribution is -2.04. The predicted molar refractivity (Wildman–Crippen MR) is 80.2 cm³/mol. The molecular formula is C15H16ClNS. The molecule has 0 bridgehead atoms. The van der Waals surface area contributed by atoms with Crippen molar-refractivity contribution in [2.75, 3.05) is 7.05 Å². The minimum absolute atomic E-state index is 0.792. The summed E-state index contributed by atoms with van der Waals surface area (Å²) in [4.78, 5) is 1.30. The van der Waals surface area contributed by atoms with Crippen molar-refractivity contribution in [2.24, 2.45) is 0 Å². The van der Waals surface area contributed by atoms with E-state index in [0.29, 0.717) is 0 Å². The fourth-order valence-corrected chi connectivity index (χ4v) is 2.64. The topological polar surface area (TPSA) is 12.0 Å². The van der Waals surface area contributed by atoms with Gasteiger partial charge in [-0.3, -0.25) is 0 Å². The molecule has 2 aromatic carbocycles. The Balaban J connectivity index is 1.91. The second-order valence-electron chi connectivity index (χ2n) is 4.09. The van der Waals surface area contributed by atoms with Gasteiger partial charge in [0.15, 0.2) is 0 Å². The molecule has 18 heavy (non-hydrogen) atoms. The molecule has 0 aliphatic rings. The quantitative estimate of drug-likeness (QED) is 0.816. The van der Waals surface area contributed by atoms with Gasteiger partial charge in [-0.25, -0.2) is 0 Å². The Morgan fingerprint density at radius 2 is 1.56 bits per heavy atom. The van der Waals surface area contributed by atoms with E-state index in [1.807, 2.05) is 30.9 Å². The van der Waals surface area contributed by atoms with E-state index in [1.54, 1.807) is 0 Å². The van der Waals surface area contributed by atoms with E-state index in [0.717, 1.165) is 17.3 Å². The average Bonchev–Trinajstić information content (AvgIpc) is 2.40. The molecule has 2 aromatic rings. The van der Waals surface area contributed by atoms with E-state index >= 15 is 0 Å². The first-order valence-corrected chi connectivity index (χ1v) is 7.25. The number of nitrogens with one attached hydrogen (secondary N) is 1. The molecule has 0 radical (unpaired) electrons. The summed E-state index contributed by atoms with van der Waals surface area (Å²) in [6.07, 6.45) is 0. The van der Waals surface area contributed by atoms with Crippen LogP contribution in [0.15, 0.2) is 53.4 Å². The first kappa shape index (κ1) is 13.5. The van der Waals surface area contributed by atoms with Gasteiger partial charge in [0.25, 0.3) is 0 Å². The van der Waals surface area contributed by atoms with Gasteiger partial charge >= 0.3 is 0 Å². The Morgan fingerprint density at radius 1 is 0.944 bits per heavy atom. The molecule has 0 atom stereocenters. The molecule has 94 valence electrons. The maximum absolute atomic E-state index is 5.86. The highest BCUT2D eigenvalue weighted by molar-refractivity contribution is 7.98. The van der Waals surface area contributed by atoms with Crippen LogP contribution in [0, 0.1) is 0 Å². The van der Waals surface area contributed by atoms with Gasteiger partial charge in [0.1, 0.15) is 0 Å². The SMILES string of the molecule is CNCc1ccc(SCc2ccc(Cl)cc2)cc1. The lowest BCUT2D eigenvalue weighted by atomic mass is 10.2. The number of hydrogen-bond donors (Lipinski definition) is 1. The molecule has 3 heteroatoms. The minimum Gasteiger partial charge on any atom is -0.316 e. The van der Waals surface area contributed by atoms with E-state index in [2.05, 4.69) is 41.7 Å². The molecule has 0 aliphatic carbocycles. The summed E-state index contributed by atoms with van der Waals surface area (Å²) in [6, 6.07) is 16.7. The number of hydrogen-bond acceptors (Lipinski definition) is 2. The molecule has 1 N–H and O–H groups in total. The Labute approximate surface area is 118 Å². The fourth-order valence-electron chi connectivity index (χ4n) is 1.65. The zero-order valence-corrected chi connectivity index (χ0v) is 11.9. The molecule has 0 heterocycles. The van der Waals surface area contributed by atoms with Gasteiger partial charge in [-0.1, -0.05) is 35.9 Å². The molecule has 2 rings (SSSR count). The molecule has 1 nitrogen and oxygen atoms in total. The average molecular weight is 278 g/mol. The molecule has 0 saturated heterocycles. The van der Waals surface area contributed by atoms with Gasteiger partial charge < -0.3 is 5.32 Å². The zero-order chi connectivity index (χ0) is 12.8. The molecule has 0 amide bonds. The largest absolute Gasteiger partial charge is 0.316 e. The van der Waals surface area contributed by atoms with Crippen LogP contribution < -0.4 is 5.32 Å². The van der Waals surface area contributed by atoms with Gasteiger partial charge in [0, 0.05) is 22.2 Å². The van der Waals surface area contributed by atoms with E-state index in [9.17, 15) is 0 Å². The summed E-state index contributed by atoms with van der Waals surface area (Å²) in [6.45, 7) is 0.919. The normalized spacial score (nSPS) is 10.6. The summed E-state index contributed by atoms with van der Waals surface area (Å²) in [5, 5.41) is 3.94. The first-order chi connectivity index (χ1) is 8.78. The summed E-state index contributed by atoms with van der Waals surface area (Å²) < 4.78 is 0. The van der Waals surface area contributed by atoms with Gasteiger partial charge in [0.05, 0.1) is 0 Å². The van der Waals surface area contributed by atoms with Crippen molar-refractivity contribution in [3.8, 4) is 0 Å². The maximum atomic E-state index is 5.86. The summed E-state index contributed by atoms with van der Waals surface area (Å²) in [5.41, 5.74) is 2.61. The molecule has 0 aliphatic heterocycles. The van der Waals surface area contributed by atoms with Crippen LogP contribution in [0.2, 0.25) is 5.02 Å². The predicted octanol–water partition coefficient (Wildman–Crippen LogP) is 4.35. The summed E-state index contributed by atoms with van der Waals surface area (Å²) in [7, 11) is 1.96. The van der Waals surface area contributed by atoms with Crippen LogP contribution in [0.5, 0.6) is 0 Å². The maximum Gasteiger partial charge on any atom is 0.0406 e. The highest BCUT2D eigenvalue weighted by Crippen LogP contribution is 2.23. The molecular weight excluding hydrogens is 262 g/mol. The van der Waals surface area contributed by atoms with Crippen molar-refractivity contribution < 1.29 is 0 Å². The number of halogens is 1. The van der Waals surface area contributed by atoms with Crippen LogP contribution >= 0.6 is 23.4 Å². The van der Waals surface area contributed by atoms with Gasteiger partial charge in [-0.15, -0.1) is 11.8 Å². The fraction of sp³-hybridized carbons (Fsp3) is 0.200. The Morgan fingerprint density at radius 3 is 2.17 bits per heavy atom. The third kappa shape index (κ3) is 4.05. The van der Waals surface area contributed by atoms with Crippen molar-refractivity contribution in [2.45, 2.75) is 17.2 Å². The van der Waals surface area contributed by atoms with Crippen LogP contribution in [0.1, 0.15) is 11.1 Å². The van der Waals surface area contributed by atoms with Crippen molar-refractivity contribution in [3.05, 3.63) is 64.7 Å². The van der Waals surface area contributed by atoms with E-state index < -0.39 is 0 Å². The van der Waals surface area contributed by atoms with Crippen molar-refractivity contribution >= 4 is 23.4 Å². The number of rotatable bonds is 5. The van der Waals surface area contributed by atoms with Crippen LogP contribution in [-0.4, -0.2) is 7.05 Å². The third-order valence-corrected chi connectivity index (χ3v) is 3.96.